The van der Waals surface area contributed by atoms with Crippen molar-refractivity contribution in [2.24, 2.45) is 0 Å². The van der Waals surface area contributed by atoms with Crippen LogP contribution in [0, 0.1) is 0 Å². The summed E-state index contributed by atoms with van der Waals surface area (Å²) in [4.78, 5) is 14.6. The minimum Gasteiger partial charge on any atom is -0.507 e. The lowest BCUT2D eigenvalue weighted by atomic mass is 10.1. The number of benzene rings is 3. The fraction of sp³-hybridized carbons (Fsp3) is 0.190. The summed E-state index contributed by atoms with van der Waals surface area (Å²) in [6.07, 6.45) is 0. The Morgan fingerprint density at radius 1 is 1.08 bits per heavy atom. The Morgan fingerprint density at radius 3 is 2.69 bits per heavy atom. The van der Waals surface area contributed by atoms with Gasteiger partial charge >= 0.3 is 0 Å². The van der Waals surface area contributed by atoms with Gasteiger partial charge in [0.1, 0.15) is 18.1 Å². The standard InChI is InChI=1S/C21H22N2O3/c1-23(2)11-12-26-18-7-4-6-17(14-18)22-21(25)16-10-9-15-5-3-8-20(24)19(15)13-16/h3-10,13-14,24H,11-12H2,1-2H3,(H,22,25). The largest absolute Gasteiger partial charge is 0.507 e. The summed E-state index contributed by atoms with van der Waals surface area (Å²) in [6.45, 7) is 1.39. The zero-order chi connectivity index (χ0) is 18.5. The lowest BCUT2D eigenvalue weighted by Crippen LogP contribution is -2.19. The molecule has 0 aliphatic rings. The van der Waals surface area contributed by atoms with Gasteiger partial charge in [-0.25, -0.2) is 0 Å². The van der Waals surface area contributed by atoms with Crippen LogP contribution in [0.4, 0.5) is 5.69 Å². The van der Waals surface area contributed by atoms with Crippen LogP contribution < -0.4 is 10.1 Å². The maximum atomic E-state index is 12.5. The molecule has 0 atom stereocenters. The second-order valence-electron chi connectivity index (χ2n) is 6.35. The number of nitrogens with zero attached hydrogens (tertiary/aromatic N) is 1. The molecule has 0 unspecified atom stereocenters. The summed E-state index contributed by atoms with van der Waals surface area (Å²) in [5.41, 5.74) is 1.15. The number of carbonyl (C=O) groups excluding carboxylic acids is 1. The third-order valence-electron chi connectivity index (χ3n) is 4.02. The molecule has 0 aliphatic carbocycles. The van der Waals surface area contributed by atoms with Crippen molar-refractivity contribution >= 4 is 22.4 Å². The van der Waals surface area contributed by atoms with E-state index in [1.165, 1.54) is 0 Å². The van der Waals surface area contributed by atoms with Gasteiger partial charge in [-0.15, -0.1) is 0 Å². The summed E-state index contributed by atoms with van der Waals surface area (Å²) >= 11 is 0. The van der Waals surface area contributed by atoms with Crippen LogP contribution in [-0.4, -0.2) is 43.2 Å². The SMILES string of the molecule is CN(C)CCOc1cccc(NC(=O)c2ccc3cccc(O)c3c2)c1. The van der Waals surface area contributed by atoms with Gasteiger partial charge in [-0.1, -0.05) is 24.3 Å². The van der Waals surface area contributed by atoms with Crippen molar-refractivity contribution in [1.29, 1.82) is 0 Å². The zero-order valence-corrected chi connectivity index (χ0v) is 14.9. The average Bonchev–Trinajstić information content (AvgIpc) is 2.62. The maximum Gasteiger partial charge on any atom is 0.255 e. The molecule has 3 rings (SSSR count). The first-order valence-electron chi connectivity index (χ1n) is 8.43. The highest BCUT2D eigenvalue weighted by Crippen LogP contribution is 2.26. The number of nitrogens with one attached hydrogen (secondary N) is 1. The Labute approximate surface area is 152 Å². The van der Waals surface area contributed by atoms with Crippen molar-refractivity contribution < 1.29 is 14.6 Å². The third-order valence-corrected chi connectivity index (χ3v) is 4.02. The summed E-state index contributed by atoms with van der Waals surface area (Å²) in [5.74, 6) is 0.634. The second kappa shape index (κ2) is 7.89. The summed E-state index contributed by atoms with van der Waals surface area (Å²) in [7, 11) is 3.97. The predicted octanol–water partition coefficient (Wildman–Crippen LogP) is 3.74. The van der Waals surface area contributed by atoms with Crippen LogP contribution in [0.1, 0.15) is 10.4 Å². The molecule has 2 N–H and O–H groups in total. The van der Waals surface area contributed by atoms with E-state index < -0.39 is 0 Å². The van der Waals surface area contributed by atoms with Gasteiger partial charge in [0.25, 0.3) is 5.91 Å². The van der Waals surface area contributed by atoms with Crippen molar-refractivity contribution in [1.82, 2.24) is 4.90 Å². The number of rotatable bonds is 6. The van der Waals surface area contributed by atoms with E-state index in [2.05, 4.69) is 5.32 Å². The molecule has 0 saturated heterocycles. The molecule has 0 saturated carbocycles. The van der Waals surface area contributed by atoms with E-state index in [1.54, 1.807) is 30.3 Å². The highest BCUT2D eigenvalue weighted by atomic mass is 16.5. The summed E-state index contributed by atoms with van der Waals surface area (Å²) < 4.78 is 5.69. The van der Waals surface area contributed by atoms with Gasteiger partial charge < -0.3 is 20.1 Å². The summed E-state index contributed by atoms with van der Waals surface area (Å²) in [6, 6.07) is 17.9. The molecule has 5 nitrogen and oxygen atoms in total. The van der Waals surface area contributed by atoms with Crippen molar-refractivity contribution in [3.63, 3.8) is 0 Å². The molecule has 1 amide bonds. The monoisotopic (exact) mass is 350 g/mol. The molecule has 26 heavy (non-hydrogen) atoms. The van der Waals surface area contributed by atoms with Gasteiger partial charge in [-0.05, 0) is 49.8 Å². The van der Waals surface area contributed by atoms with Crippen LogP contribution in [0.3, 0.4) is 0 Å². The molecular weight excluding hydrogens is 328 g/mol. The van der Waals surface area contributed by atoms with Gasteiger partial charge in [-0.2, -0.15) is 0 Å². The van der Waals surface area contributed by atoms with E-state index in [0.29, 0.717) is 29.0 Å². The van der Waals surface area contributed by atoms with Gasteiger partial charge in [0.05, 0.1) is 0 Å². The number of hydrogen-bond donors (Lipinski definition) is 2. The first-order valence-corrected chi connectivity index (χ1v) is 8.43. The molecule has 0 aliphatic heterocycles. The molecule has 3 aromatic carbocycles. The van der Waals surface area contributed by atoms with Gasteiger partial charge in [0, 0.05) is 29.2 Å². The molecule has 0 bridgehead atoms. The molecule has 0 fully saturated rings. The second-order valence-corrected chi connectivity index (χ2v) is 6.35. The number of likely N-dealkylation sites (N-methyl/N-ethyl adjacent to an activating group) is 1. The fourth-order valence-electron chi connectivity index (χ4n) is 2.61. The normalized spacial score (nSPS) is 10.9. The molecule has 0 radical (unpaired) electrons. The Kier molecular flexibility index (Phi) is 5.39. The maximum absolute atomic E-state index is 12.5. The van der Waals surface area contributed by atoms with Crippen molar-refractivity contribution in [2.45, 2.75) is 0 Å². The minimum atomic E-state index is -0.236. The Balaban J connectivity index is 1.72. The van der Waals surface area contributed by atoms with Crippen LogP contribution in [0.25, 0.3) is 10.8 Å². The quantitative estimate of drug-likeness (QED) is 0.711. The number of anilines is 1. The lowest BCUT2D eigenvalue weighted by Gasteiger charge is -2.12. The Bertz CT molecular complexity index is 922. The first kappa shape index (κ1) is 17.8. The fourth-order valence-corrected chi connectivity index (χ4v) is 2.61. The molecule has 5 heteroatoms. The Hall–Kier alpha value is -3.05. The van der Waals surface area contributed by atoms with E-state index >= 15 is 0 Å². The van der Waals surface area contributed by atoms with E-state index in [4.69, 9.17) is 4.74 Å². The van der Waals surface area contributed by atoms with Gasteiger partial charge in [0.2, 0.25) is 0 Å². The lowest BCUT2D eigenvalue weighted by molar-refractivity contribution is 0.102. The first-order chi connectivity index (χ1) is 12.5. The van der Waals surface area contributed by atoms with E-state index in [1.807, 2.05) is 49.3 Å². The van der Waals surface area contributed by atoms with Gasteiger partial charge in [-0.3, -0.25) is 4.79 Å². The number of amides is 1. The average molecular weight is 350 g/mol. The number of phenolic OH excluding ortho intramolecular Hbond substituents is 1. The molecule has 0 spiro atoms. The smallest absolute Gasteiger partial charge is 0.255 e. The predicted molar refractivity (Wildman–Crippen MR) is 104 cm³/mol. The minimum absolute atomic E-state index is 0.161. The number of hydrogen-bond acceptors (Lipinski definition) is 4. The van der Waals surface area contributed by atoms with Crippen LogP contribution in [-0.2, 0) is 0 Å². The highest BCUT2D eigenvalue weighted by molar-refractivity contribution is 6.07. The number of fused-ring (bicyclic) bond motifs is 1. The zero-order valence-electron chi connectivity index (χ0n) is 14.9. The van der Waals surface area contributed by atoms with E-state index in [9.17, 15) is 9.90 Å². The van der Waals surface area contributed by atoms with Crippen molar-refractivity contribution in [3.8, 4) is 11.5 Å². The van der Waals surface area contributed by atoms with Crippen LogP contribution >= 0.6 is 0 Å². The van der Waals surface area contributed by atoms with Crippen molar-refractivity contribution in [2.75, 3.05) is 32.6 Å². The number of carbonyl (C=O) groups is 1. The van der Waals surface area contributed by atoms with Crippen molar-refractivity contribution in [3.05, 3.63) is 66.2 Å². The molecule has 0 heterocycles. The number of aromatic hydroxyl groups is 1. The van der Waals surface area contributed by atoms with Gasteiger partial charge in [0.15, 0.2) is 0 Å². The van der Waals surface area contributed by atoms with Crippen LogP contribution in [0.5, 0.6) is 11.5 Å². The summed E-state index contributed by atoms with van der Waals surface area (Å²) in [5, 5.41) is 14.4. The van der Waals surface area contributed by atoms with Crippen LogP contribution in [0.15, 0.2) is 60.7 Å². The topological polar surface area (TPSA) is 61.8 Å². The molecule has 134 valence electrons. The molecular formula is C21H22N2O3. The Morgan fingerprint density at radius 2 is 1.88 bits per heavy atom. The molecule has 0 aromatic heterocycles. The van der Waals surface area contributed by atoms with E-state index in [-0.39, 0.29) is 11.7 Å². The molecule has 3 aromatic rings. The third kappa shape index (κ3) is 4.32. The number of ether oxygens (including phenoxy) is 1. The van der Waals surface area contributed by atoms with E-state index in [0.717, 1.165) is 11.9 Å². The number of phenols is 1. The van der Waals surface area contributed by atoms with Crippen LogP contribution in [0.2, 0.25) is 0 Å². The highest BCUT2D eigenvalue weighted by Gasteiger charge is 2.09.